The Morgan fingerprint density at radius 1 is 1.03 bits per heavy atom. The van der Waals surface area contributed by atoms with E-state index in [1.54, 1.807) is 29.2 Å². The minimum Gasteiger partial charge on any atom is -0.490 e. The minimum absolute atomic E-state index is 0.215. The third-order valence-corrected chi connectivity index (χ3v) is 5.95. The highest BCUT2D eigenvalue weighted by atomic mass is 35.5. The van der Waals surface area contributed by atoms with Crippen LogP contribution in [0.2, 0.25) is 15.1 Å². The number of hydrogen-bond acceptors (Lipinski definition) is 6. The molecule has 0 radical (unpaired) electrons. The molecule has 0 aliphatic carbocycles. The molecule has 34 heavy (non-hydrogen) atoms. The van der Waals surface area contributed by atoms with Crippen LogP contribution in [0.15, 0.2) is 54.9 Å². The second kappa shape index (κ2) is 11.1. The number of rotatable bonds is 9. The lowest BCUT2D eigenvalue weighted by molar-refractivity contribution is 0.269. The zero-order chi connectivity index (χ0) is 24.1. The van der Waals surface area contributed by atoms with Crippen molar-refractivity contribution in [2.45, 2.75) is 20.1 Å². The van der Waals surface area contributed by atoms with Crippen molar-refractivity contribution in [1.82, 2.24) is 19.9 Å². The molecule has 11 heteroatoms. The molecule has 0 aliphatic heterocycles. The van der Waals surface area contributed by atoms with E-state index in [-0.39, 0.29) is 6.61 Å². The van der Waals surface area contributed by atoms with E-state index in [4.69, 9.17) is 56.5 Å². The molecular weight excluding hydrogens is 517 g/mol. The maximum atomic E-state index is 6.58. The van der Waals surface area contributed by atoms with Crippen LogP contribution in [0, 0.1) is 4.77 Å². The van der Waals surface area contributed by atoms with Crippen LogP contribution in [-0.2, 0) is 13.2 Å². The quantitative estimate of drug-likeness (QED) is 0.232. The lowest BCUT2D eigenvalue weighted by Crippen LogP contribution is -2.16. The second-order valence-electron chi connectivity index (χ2n) is 7.12. The number of halogens is 3. The van der Waals surface area contributed by atoms with Crippen LogP contribution in [0.5, 0.6) is 11.5 Å². The van der Waals surface area contributed by atoms with Crippen molar-refractivity contribution in [1.29, 1.82) is 0 Å². The first-order chi connectivity index (χ1) is 16.5. The van der Waals surface area contributed by atoms with Crippen LogP contribution < -0.4 is 14.9 Å². The summed E-state index contributed by atoms with van der Waals surface area (Å²) in [5.74, 6) is 1.61. The number of H-pyrrole nitrogens is 1. The van der Waals surface area contributed by atoms with Gasteiger partial charge in [-0.15, -0.1) is 0 Å². The summed E-state index contributed by atoms with van der Waals surface area (Å²) in [4.78, 5) is 4.04. The molecule has 2 N–H and O–H groups in total. The van der Waals surface area contributed by atoms with Crippen molar-refractivity contribution in [3.8, 4) is 22.9 Å². The van der Waals surface area contributed by atoms with E-state index in [0.29, 0.717) is 50.3 Å². The molecular formula is C23H20Cl3N5O2S. The standard InChI is InChI=1S/C23H20Cl3N5O2S/c1-2-32-20-10-14(9-19(26)21(20)33-13-16-3-4-17(24)11-18(16)25)12-28-31-22(29-30-23(31)34)15-5-7-27-8-6-15/h3-11,28H,2,12-13H2,1H3,(H,30,34). The number of ether oxygens (including phenoxy) is 2. The van der Waals surface area contributed by atoms with Gasteiger partial charge in [-0.3, -0.25) is 4.98 Å². The second-order valence-corrected chi connectivity index (χ2v) is 8.76. The summed E-state index contributed by atoms with van der Waals surface area (Å²) >= 11 is 24.2. The Hall–Kier alpha value is -2.78. The Morgan fingerprint density at radius 2 is 1.82 bits per heavy atom. The monoisotopic (exact) mass is 535 g/mol. The van der Waals surface area contributed by atoms with E-state index in [1.165, 1.54) is 0 Å². The number of hydrogen-bond donors (Lipinski definition) is 2. The van der Waals surface area contributed by atoms with Gasteiger partial charge in [0.2, 0.25) is 4.77 Å². The van der Waals surface area contributed by atoms with Crippen LogP contribution in [0.4, 0.5) is 0 Å². The normalized spacial score (nSPS) is 10.8. The molecule has 4 aromatic rings. The van der Waals surface area contributed by atoms with Gasteiger partial charge in [-0.1, -0.05) is 40.9 Å². The van der Waals surface area contributed by atoms with Gasteiger partial charge >= 0.3 is 0 Å². The summed E-state index contributed by atoms with van der Waals surface area (Å²) in [6.07, 6.45) is 3.39. The van der Waals surface area contributed by atoms with Crippen molar-refractivity contribution in [2.75, 3.05) is 12.0 Å². The van der Waals surface area contributed by atoms with Gasteiger partial charge in [-0.05, 0) is 61.1 Å². The van der Waals surface area contributed by atoms with E-state index in [1.807, 2.05) is 37.3 Å². The molecule has 7 nitrogen and oxygen atoms in total. The largest absolute Gasteiger partial charge is 0.490 e. The molecule has 0 spiro atoms. The fraction of sp³-hybridized carbons (Fsp3) is 0.174. The van der Waals surface area contributed by atoms with Gasteiger partial charge in [0.15, 0.2) is 17.3 Å². The summed E-state index contributed by atoms with van der Waals surface area (Å²) in [6.45, 7) is 2.97. The molecule has 0 amide bonds. The zero-order valence-electron chi connectivity index (χ0n) is 18.0. The van der Waals surface area contributed by atoms with Crippen LogP contribution in [0.25, 0.3) is 11.4 Å². The maximum absolute atomic E-state index is 6.58. The van der Waals surface area contributed by atoms with Crippen molar-refractivity contribution >= 4 is 47.0 Å². The van der Waals surface area contributed by atoms with E-state index < -0.39 is 0 Å². The average molecular weight is 537 g/mol. The molecule has 4 rings (SSSR count). The fourth-order valence-electron chi connectivity index (χ4n) is 3.22. The number of benzene rings is 2. The van der Waals surface area contributed by atoms with E-state index in [0.717, 1.165) is 16.7 Å². The smallest absolute Gasteiger partial charge is 0.214 e. The van der Waals surface area contributed by atoms with Gasteiger partial charge in [0.1, 0.15) is 6.61 Å². The Labute approximate surface area is 216 Å². The highest BCUT2D eigenvalue weighted by molar-refractivity contribution is 7.71. The zero-order valence-corrected chi connectivity index (χ0v) is 21.1. The first-order valence-electron chi connectivity index (χ1n) is 10.3. The lowest BCUT2D eigenvalue weighted by Gasteiger charge is -2.17. The van der Waals surface area contributed by atoms with Crippen LogP contribution >= 0.6 is 47.0 Å². The average Bonchev–Trinajstić information content (AvgIpc) is 3.19. The molecule has 0 unspecified atom stereocenters. The van der Waals surface area contributed by atoms with Gasteiger partial charge in [0, 0.05) is 33.6 Å². The molecule has 0 saturated carbocycles. The molecule has 0 atom stereocenters. The van der Waals surface area contributed by atoms with Crippen molar-refractivity contribution < 1.29 is 9.47 Å². The Bertz CT molecular complexity index is 1340. The highest BCUT2D eigenvalue weighted by Crippen LogP contribution is 2.38. The first kappa shape index (κ1) is 24.3. The van der Waals surface area contributed by atoms with Crippen molar-refractivity contribution in [3.05, 3.63) is 85.8 Å². The number of pyridine rings is 1. The van der Waals surface area contributed by atoms with Crippen LogP contribution in [0.3, 0.4) is 0 Å². The number of aromatic nitrogens is 4. The summed E-state index contributed by atoms with van der Waals surface area (Å²) in [6, 6.07) is 12.6. The summed E-state index contributed by atoms with van der Waals surface area (Å²) in [5, 5.41) is 8.61. The molecule has 176 valence electrons. The highest BCUT2D eigenvalue weighted by Gasteiger charge is 2.15. The molecule has 0 aliphatic rings. The Morgan fingerprint density at radius 3 is 2.56 bits per heavy atom. The van der Waals surface area contributed by atoms with Crippen LogP contribution in [0.1, 0.15) is 18.1 Å². The Kier molecular flexibility index (Phi) is 7.95. The van der Waals surface area contributed by atoms with Crippen molar-refractivity contribution in [2.24, 2.45) is 0 Å². The third kappa shape index (κ3) is 5.64. The third-order valence-electron chi connectivity index (χ3n) is 4.81. The summed E-state index contributed by atoms with van der Waals surface area (Å²) in [5.41, 5.74) is 5.80. The fourth-order valence-corrected chi connectivity index (χ4v) is 4.17. The lowest BCUT2D eigenvalue weighted by atomic mass is 10.2. The van der Waals surface area contributed by atoms with E-state index in [2.05, 4.69) is 20.6 Å². The van der Waals surface area contributed by atoms with Gasteiger partial charge < -0.3 is 14.9 Å². The molecule has 0 fully saturated rings. The van der Waals surface area contributed by atoms with Gasteiger partial charge in [0.25, 0.3) is 0 Å². The minimum atomic E-state index is 0.215. The first-order valence-corrected chi connectivity index (χ1v) is 11.8. The van der Waals surface area contributed by atoms with Crippen LogP contribution in [-0.4, -0.2) is 26.5 Å². The Balaban J connectivity index is 1.54. The number of nitrogens with zero attached hydrogens (tertiary/aromatic N) is 3. The van der Waals surface area contributed by atoms with E-state index in [9.17, 15) is 0 Å². The summed E-state index contributed by atoms with van der Waals surface area (Å²) < 4.78 is 13.9. The molecule has 0 saturated heterocycles. The van der Waals surface area contributed by atoms with E-state index >= 15 is 0 Å². The van der Waals surface area contributed by atoms with Gasteiger partial charge in [0.05, 0.1) is 18.2 Å². The van der Waals surface area contributed by atoms with Crippen molar-refractivity contribution in [3.63, 3.8) is 0 Å². The molecule has 2 aromatic carbocycles. The SMILES string of the molecule is CCOc1cc(CNn2c(-c3ccncc3)n[nH]c2=S)cc(Cl)c1OCc1ccc(Cl)cc1Cl. The number of nitrogens with one attached hydrogen (secondary N) is 2. The number of aromatic amines is 1. The molecule has 2 aromatic heterocycles. The van der Waals surface area contributed by atoms with Gasteiger partial charge in [-0.2, -0.15) is 5.10 Å². The summed E-state index contributed by atoms with van der Waals surface area (Å²) in [7, 11) is 0. The molecule has 2 heterocycles. The predicted molar refractivity (Wildman–Crippen MR) is 137 cm³/mol. The van der Waals surface area contributed by atoms with Gasteiger partial charge in [-0.25, -0.2) is 9.77 Å². The predicted octanol–water partition coefficient (Wildman–Crippen LogP) is 6.68. The maximum Gasteiger partial charge on any atom is 0.214 e. The molecule has 0 bridgehead atoms. The topological polar surface area (TPSA) is 77.0 Å².